The molecular weight excluding hydrogens is 499 g/mol. The van der Waals surface area contributed by atoms with Gasteiger partial charge in [0.2, 0.25) is 12.2 Å². The van der Waals surface area contributed by atoms with Crippen LogP contribution in [0.1, 0.15) is 43.4 Å². The highest BCUT2D eigenvalue weighted by molar-refractivity contribution is 5.82. The van der Waals surface area contributed by atoms with Crippen LogP contribution in [0.5, 0.6) is 5.75 Å². The average Bonchev–Trinajstić information content (AvgIpc) is 3.69. The summed E-state index contributed by atoms with van der Waals surface area (Å²) < 4.78 is 51.7. The van der Waals surface area contributed by atoms with E-state index in [2.05, 4.69) is 4.99 Å². The first-order chi connectivity index (χ1) is 18.1. The van der Waals surface area contributed by atoms with Gasteiger partial charge in [-0.25, -0.2) is 5.84 Å². The highest BCUT2D eigenvalue weighted by Crippen LogP contribution is 2.38. The van der Waals surface area contributed by atoms with Crippen molar-refractivity contribution < 1.29 is 27.4 Å². The minimum atomic E-state index is -4.56. The first-order valence-corrected chi connectivity index (χ1v) is 12.4. The first kappa shape index (κ1) is 28.8. The van der Waals surface area contributed by atoms with Crippen molar-refractivity contribution >= 4 is 11.9 Å². The summed E-state index contributed by atoms with van der Waals surface area (Å²) in [5.41, 5.74) is 1.16. The number of methoxy groups -OCH3 is 1. The predicted molar refractivity (Wildman–Crippen MR) is 137 cm³/mol. The number of guanidine groups is 1. The molecule has 0 aliphatic heterocycles. The van der Waals surface area contributed by atoms with Crippen LogP contribution in [0.3, 0.4) is 0 Å². The van der Waals surface area contributed by atoms with Gasteiger partial charge in [-0.15, -0.1) is 4.99 Å². The molecule has 38 heavy (non-hydrogen) atoms. The number of halogens is 3. The number of aliphatic imine (C=N–C) groups is 1. The fraction of sp³-hybridized carbons (Fsp3) is 0.444. The first-order valence-electron chi connectivity index (χ1n) is 12.4. The number of hydrazine groups is 1. The van der Waals surface area contributed by atoms with Crippen LogP contribution in [0.4, 0.5) is 13.2 Å². The minimum Gasteiger partial charge on any atom is -0.496 e. The lowest BCUT2D eigenvalue weighted by Gasteiger charge is -2.31. The molecule has 2 aromatic carbocycles. The van der Waals surface area contributed by atoms with Crippen LogP contribution in [0.25, 0.3) is 11.1 Å². The van der Waals surface area contributed by atoms with Gasteiger partial charge in [0, 0.05) is 25.2 Å². The van der Waals surface area contributed by atoms with E-state index in [-0.39, 0.29) is 25.5 Å². The molecule has 0 spiro atoms. The van der Waals surface area contributed by atoms with E-state index >= 15 is 0 Å². The standard InChI is InChI=1S/C27H32F3N5O3/c1-4-34(26(33-17-31)35(32)15-18-6-7-18)16-20-14-21(27(28,29)30)9-10-22(20)23-12-19(8-11-24(23)37-3)13-25(36)38-5-2/h8-12,14,18H,4-7,13,15-16,32H2,1-3H3/b33-26-. The SMILES string of the molecule is CCOC(=O)Cc1ccc(OC)c(-c2ccc(C(F)(F)F)cc2CN(CC)/C(=N/C#N)N(N)CC2CC2)c1. The molecule has 0 amide bonds. The molecular formula is C27H32F3N5O3. The minimum absolute atomic E-state index is 0.000108. The molecule has 1 aliphatic rings. The lowest BCUT2D eigenvalue weighted by atomic mass is 9.94. The third-order valence-electron chi connectivity index (χ3n) is 6.22. The highest BCUT2D eigenvalue weighted by Gasteiger charge is 2.32. The van der Waals surface area contributed by atoms with Crippen LogP contribution in [0, 0.1) is 17.4 Å². The average molecular weight is 532 g/mol. The fourth-order valence-electron chi connectivity index (χ4n) is 4.17. The quantitative estimate of drug-likeness (QED) is 0.118. The maximum atomic E-state index is 13.7. The molecule has 204 valence electrons. The van der Waals surface area contributed by atoms with Crippen LogP contribution in [-0.4, -0.2) is 48.6 Å². The van der Waals surface area contributed by atoms with Crippen molar-refractivity contribution in [3.63, 3.8) is 0 Å². The molecule has 0 aromatic heterocycles. The molecule has 0 radical (unpaired) electrons. The molecule has 0 saturated heterocycles. The van der Waals surface area contributed by atoms with Crippen LogP contribution in [0.15, 0.2) is 41.4 Å². The molecule has 0 atom stereocenters. The van der Waals surface area contributed by atoms with E-state index in [4.69, 9.17) is 15.3 Å². The van der Waals surface area contributed by atoms with Crippen LogP contribution in [0.2, 0.25) is 0 Å². The molecule has 1 saturated carbocycles. The van der Waals surface area contributed by atoms with E-state index < -0.39 is 17.7 Å². The molecule has 0 heterocycles. The lowest BCUT2D eigenvalue weighted by Crippen LogP contribution is -2.48. The highest BCUT2D eigenvalue weighted by atomic mass is 19.4. The molecule has 3 rings (SSSR count). The molecule has 8 nitrogen and oxygen atoms in total. The Kier molecular flexibility index (Phi) is 9.58. The van der Waals surface area contributed by atoms with Crippen molar-refractivity contribution in [2.75, 3.05) is 26.8 Å². The maximum Gasteiger partial charge on any atom is 0.416 e. The summed E-state index contributed by atoms with van der Waals surface area (Å²) in [6.07, 6.45) is -0.742. The van der Waals surface area contributed by atoms with Crippen molar-refractivity contribution in [1.29, 1.82) is 5.26 Å². The fourth-order valence-corrected chi connectivity index (χ4v) is 4.17. The smallest absolute Gasteiger partial charge is 0.416 e. The van der Waals surface area contributed by atoms with Crippen molar-refractivity contribution in [1.82, 2.24) is 9.91 Å². The zero-order valence-electron chi connectivity index (χ0n) is 21.7. The van der Waals surface area contributed by atoms with Gasteiger partial charge in [0.1, 0.15) is 5.75 Å². The van der Waals surface area contributed by atoms with E-state index in [1.807, 2.05) is 6.92 Å². The number of hydrogen-bond donors (Lipinski definition) is 1. The second-order valence-corrected chi connectivity index (χ2v) is 9.01. The molecule has 0 unspecified atom stereocenters. The summed E-state index contributed by atoms with van der Waals surface area (Å²) in [5, 5.41) is 10.7. The van der Waals surface area contributed by atoms with Crippen molar-refractivity contribution in [2.45, 2.75) is 45.8 Å². The Labute approximate surface area is 220 Å². The molecule has 1 aliphatic carbocycles. The molecule has 0 bridgehead atoms. The van der Waals surface area contributed by atoms with E-state index in [1.54, 1.807) is 36.2 Å². The van der Waals surface area contributed by atoms with Gasteiger partial charge in [0.05, 0.1) is 25.7 Å². The Morgan fingerprint density at radius 2 is 1.92 bits per heavy atom. The zero-order valence-corrected chi connectivity index (χ0v) is 21.7. The number of nitrogens with zero attached hydrogens (tertiary/aromatic N) is 4. The summed E-state index contributed by atoms with van der Waals surface area (Å²) in [5.74, 6) is 6.83. The summed E-state index contributed by atoms with van der Waals surface area (Å²) in [6.45, 7) is 4.60. The predicted octanol–water partition coefficient (Wildman–Crippen LogP) is 4.73. The summed E-state index contributed by atoms with van der Waals surface area (Å²) in [4.78, 5) is 17.6. The number of rotatable bonds is 10. The second kappa shape index (κ2) is 12.6. The number of carbonyl (C=O) groups excluding carboxylic acids is 1. The second-order valence-electron chi connectivity index (χ2n) is 9.01. The number of nitriles is 1. The number of benzene rings is 2. The molecule has 2 aromatic rings. The van der Waals surface area contributed by atoms with E-state index in [0.29, 0.717) is 47.0 Å². The third kappa shape index (κ3) is 7.38. The number of ether oxygens (including phenoxy) is 2. The summed E-state index contributed by atoms with van der Waals surface area (Å²) >= 11 is 0. The van der Waals surface area contributed by atoms with E-state index in [9.17, 15) is 23.2 Å². The normalized spacial score (nSPS) is 13.6. The van der Waals surface area contributed by atoms with Gasteiger partial charge < -0.3 is 14.4 Å². The Bertz CT molecular complexity index is 1210. The van der Waals surface area contributed by atoms with Crippen LogP contribution < -0.4 is 10.6 Å². The molecule has 11 heteroatoms. The van der Waals surface area contributed by atoms with Gasteiger partial charge in [-0.1, -0.05) is 12.1 Å². The Morgan fingerprint density at radius 1 is 1.18 bits per heavy atom. The monoisotopic (exact) mass is 531 g/mol. The van der Waals surface area contributed by atoms with Crippen molar-refractivity contribution in [3.05, 3.63) is 53.1 Å². The van der Waals surface area contributed by atoms with Crippen LogP contribution in [-0.2, 0) is 28.7 Å². The van der Waals surface area contributed by atoms with Gasteiger partial charge in [-0.05, 0) is 73.6 Å². The summed E-state index contributed by atoms with van der Waals surface area (Å²) in [6, 6.07) is 8.58. The largest absolute Gasteiger partial charge is 0.496 e. The van der Waals surface area contributed by atoms with Gasteiger partial charge in [0.15, 0.2) is 0 Å². The Hall–Kier alpha value is -3.78. The number of nitrogens with two attached hydrogens (primary N) is 1. The topological polar surface area (TPSA) is 104 Å². The number of carbonyl (C=O) groups is 1. The van der Waals surface area contributed by atoms with Gasteiger partial charge in [0.25, 0.3) is 0 Å². The molecule has 2 N–H and O–H groups in total. The van der Waals surface area contributed by atoms with Crippen molar-refractivity contribution in [3.8, 4) is 23.1 Å². The van der Waals surface area contributed by atoms with E-state index in [0.717, 1.165) is 25.0 Å². The lowest BCUT2D eigenvalue weighted by molar-refractivity contribution is -0.142. The maximum absolute atomic E-state index is 13.7. The molecule has 1 fully saturated rings. The number of hydrogen-bond acceptors (Lipinski definition) is 6. The number of esters is 1. The van der Waals surface area contributed by atoms with Crippen LogP contribution >= 0.6 is 0 Å². The summed E-state index contributed by atoms with van der Waals surface area (Å²) in [7, 11) is 1.47. The van der Waals surface area contributed by atoms with Gasteiger partial charge in [-0.3, -0.25) is 9.80 Å². The van der Waals surface area contributed by atoms with E-state index in [1.165, 1.54) is 18.2 Å². The Balaban J connectivity index is 2.08. The van der Waals surface area contributed by atoms with Gasteiger partial charge in [-0.2, -0.15) is 18.4 Å². The zero-order chi connectivity index (χ0) is 27.9. The van der Waals surface area contributed by atoms with Crippen molar-refractivity contribution in [2.24, 2.45) is 16.8 Å². The number of alkyl halides is 3. The van der Waals surface area contributed by atoms with Gasteiger partial charge >= 0.3 is 12.1 Å². The third-order valence-corrected chi connectivity index (χ3v) is 6.22. The Morgan fingerprint density at radius 3 is 2.50 bits per heavy atom.